The molecule has 1 aromatic rings. The van der Waals surface area contributed by atoms with E-state index in [4.69, 9.17) is 4.74 Å². The van der Waals surface area contributed by atoms with Crippen molar-refractivity contribution in [3.05, 3.63) is 30.1 Å². The zero-order valence-corrected chi connectivity index (χ0v) is 9.36. The van der Waals surface area contributed by atoms with Crippen molar-refractivity contribution in [3.8, 4) is 0 Å². The second-order valence-electron chi connectivity index (χ2n) is 3.35. The molecule has 0 saturated carbocycles. The molecular weight excluding hydrogens is 192 g/mol. The molecule has 4 heteroatoms. The van der Waals surface area contributed by atoms with Gasteiger partial charge in [0.05, 0.1) is 6.20 Å². The Hall–Kier alpha value is -1.58. The summed E-state index contributed by atoms with van der Waals surface area (Å²) < 4.78 is 6.86. The maximum atomic E-state index is 11.7. The van der Waals surface area contributed by atoms with Gasteiger partial charge in [0.1, 0.15) is 11.7 Å². The molecule has 1 atom stereocenters. The van der Waals surface area contributed by atoms with Crippen molar-refractivity contribution in [1.29, 1.82) is 0 Å². The maximum Gasteiger partial charge on any atom is 0.342 e. The van der Waals surface area contributed by atoms with E-state index in [1.807, 2.05) is 13.8 Å². The number of hydrogen-bond donors (Lipinski definition) is 0. The van der Waals surface area contributed by atoms with E-state index in [0.29, 0.717) is 5.56 Å². The van der Waals surface area contributed by atoms with Crippen LogP contribution in [0.2, 0.25) is 0 Å². The minimum absolute atomic E-state index is 0.225. The lowest BCUT2D eigenvalue weighted by Gasteiger charge is -2.11. The van der Waals surface area contributed by atoms with Gasteiger partial charge in [0.2, 0.25) is 0 Å². The van der Waals surface area contributed by atoms with Gasteiger partial charge in [-0.1, -0.05) is 19.6 Å². The summed E-state index contributed by atoms with van der Waals surface area (Å²) in [5.74, 6) is -0.340. The monoisotopic (exact) mass is 208 g/mol. The summed E-state index contributed by atoms with van der Waals surface area (Å²) in [5.41, 5.74) is 1.32. The van der Waals surface area contributed by atoms with Gasteiger partial charge in [-0.05, 0) is 13.3 Å². The van der Waals surface area contributed by atoms with Crippen molar-refractivity contribution in [2.45, 2.75) is 26.4 Å². The molecule has 0 spiro atoms. The third kappa shape index (κ3) is 2.46. The summed E-state index contributed by atoms with van der Waals surface area (Å²) >= 11 is 0. The first-order valence-corrected chi connectivity index (χ1v) is 4.92. The largest absolute Gasteiger partial charge is 0.454 e. The van der Waals surface area contributed by atoms with Crippen LogP contribution in [0, 0.1) is 6.92 Å². The van der Waals surface area contributed by atoms with Crippen LogP contribution >= 0.6 is 0 Å². The molecule has 0 amide bonds. The van der Waals surface area contributed by atoms with Crippen molar-refractivity contribution in [3.63, 3.8) is 0 Å². The van der Waals surface area contributed by atoms with Gasteiger partial charge in [-0.3, -0.25) is 4.68 Å². The summed E-state index contributed by atoms with van der Waals surface area (Å²) in [6, 6.07) is 0. The molecule has 0 saturated heterocycles. The van der Waals surface area contributed by atoms with Crippen LogP contribution in [0.25, 0.3) is 0 Å². The molecule has 1 aromatic heterocycles. The number of ether oxygens (including phenoxy) is 1. The fourth-order valence-corrected chi connectivity index (χ4v) is 1.20. The van der Waals surface area contributed by atoms with E-state index in [0.717, 1.165) is 12.1 Å². The van der Waals surface area contributed by atoms with Crippen LogP contribution in [0.3, 0.4) is 0 Å². The SMILES string of the molecule is C=C[C@@H](CC)OC(=O)c1cnn(C)c1C. The Morgan fingerprint density at radius 1 is 1.80 bits per heavy atom. The second kappa shape index (κ2) is 4.77. The van der Waals surface area contributed by atoms with Crippen LogP contribution < -0.4 is 0 Å². The van der Waals surface area contributed by atoms with Gasteiger partial charge in [-0.25, -0.2) is 4.79 Å². The van der Waals surface area contributed by atoms with Crippen molar-refractivity contribution in [2.24, 2.45) is 7.05 Å². The predicted molar refractivity (Wildman–Crippen MR) is 57.6 cm³/mol. The number of nitrogens with zero attached hydrogens (tertiary/aromatic N) is 2. The normalized spacial score (nSPS) is 12.2. The third-order valence-electron chi connectivity index (χ3n) is 2.38. The Morgan fingerprint density at radius 2 is 2.47 bits per heavy atom. The lowest BCUT2D eigenvalue weighted by molar-refractivity contribution is 0.0388. The lowest BCUT2D eigenvalue weighted by Crippen LogP contribution is -2.15. The minimum atomic E-state index is -0.340. The first-order valence-electron chi connectivity index (χ1n) is 4.92. The van der Waals surface area contributed by atoms with E-state index >= 15 is 0 Å². The van der Waals surface area contributed by atoms with E-state index < -0.39 is 0 Å². The summed E-state index contributed by atoms with van der Waals surface area (Å²) in [6.07, 6.45) is 3.66. The van der Waals surface area contributed by atoms with Crippen molar-refractivity contribution < 1.29 is 9.53 Å². The highest BCUT2D eigenvalue weighted by Gasteiger charge is 2.16. The Kier molecular flexibility index (Phi) is 3.66. The molecular formula is C11H16N2O2. The molecule has 0 unspecified atom stereocenters. The molecule has 0 aliphatic carbocycles. The van der Waals surface area contributed by atoms with Crippen LogP contribution in [-0.2, 0) is 11.8 Å². The first-order chi connectivity index (χ1) is 7.10. The van der Waals surface area contributed by atoms with Gasteiger partial charge < -0.3 is 4.74 Å². The summed E-state index contributed by atoms with van der Waals surface area (Å²) in [6.45, 7) is 7.38. The van der Waals surface area contributed by atoms with Crippen molar-refractivity contribution in [1.82, 2.24) is 9.78 Å². The lowest BCUT2D eigenvalue weighted by atomic mass is 10.2. The van der Waals surface area contributed by atoms with Gasteiger partial charge in [0.15, 0.2) is 0 Å². The molecule has 0 aromatic carbocycles. The topological polar surface area (TPSA) is 44.1 Å². The molecule has 0 N–H and O–H groups in total. The average molecular weight is 208 g/mol. The molecule has 0 radical (unpaired) electrons. The van der Waals surface area contributed by atoms with Crippen molar-refractivity contribution in [2.75, 3.05) is 0 Å². The maximum absolute atomic E-state index is 11.7. The molecule has 4 nitrogen and oxygen atoms in total. The number of aryl methyl sites for hydroxylation is 1. The number of carbonyl (C=O) groups excluding carboxylic acids is 1. The van der Waals surface area contributed by atoms with Crippen LogP contribution in [0.5, 0.6) is 0 Å². The number of rotatable bonds is 4. The summed E-state index contributed by atoms with van der Waals surface area (Å²) in [5, 5.41) is 3.99. The van der Waals surface area contributed by atoms with Gasteiger partial charge in [0.25, 0.3) is 0 Å². The Bertz CT molecular complexity index is 369. The van der Waals surface area contributed by atoms with Gasteiger partial charge in [0, 0.05) is 12.7 Å². The van der Waals surface area contributed by atoms with Crippen LogP contribution in [0.1, 0.15) is 29.4 Å². The highest BCUT2D eigenvalue weighted by atomic mass is 16.5. The van der Waals surface area contributed by atoms with Crippen LogP contribution in [-0.4, -0.2) is 21.9 Å². The molecule has 15 heavy (non-hydrogen) atoms. The number of carbonyl (C=O) groups is 1. The molecule has 0 aliphatic heterocycles. The number of esters is 1. The molecule has 1 rings (SSSR count). The molecule has 82 valence electrons. The molecule has 0 bridgehead atoms. The van der Waals surface area contributed by atoms with E-state index in [1.54, 1.807) is 17.8 Å². The second-order valence-corrected chi connectivity index (χ2v) is 3.35. The van der Waals surface area contributed by atoms with Crippen LogP contribution in [0.4, 0.5) is 0 Å². The highest BCUT2D eigenvalue weighted by Crippen LogP contribution is 2.10. The molecule has 0 fully saturated rings. The summed E-state index contributed by atoms with van der Waals surface area (Å²) in [4.78, 5) is 11.7. The van der Waals surface area contributed by atoms with E-state index in [2.05, 4.69) is 11.7 Å². The molecule has 0 aliphatic rings. The van der Waals surface area contributed by atoms with E-state index in [9.17, 15) is 4.79 Å². The first kappa shape index (κ1) is 11.5. The Balaban J connectivity index is 2.77. The molecule has 1 heterocycles. The van der Waals surface area contributed by atoms with Crippen molar-refractivity contribution >= 4 is 5.97 Å². The zero-order chi connectivity index (χ0) is 11.4. The number of aromatic nitrogens is 2. The van der Waals surface area contributed by atoms with E-state index in [-0.39, 0.29) is 12.1 Å². The third-order valence-corrected chi connectivity index (χ3v) is 2.38. The smallest absolute Gasteiger partial charge is 0.342 e. The highest BCUT2D eigenvalue weighted by molar-refractivity contribution is 5.90. The Morgan fingerprint density at radius 3 is 2.87 bits per heavy atom. The standard InChI is InChI=1S/C11H16N2O2/c1-5-9(6-2)15-11(14)10-7-12-13(4)8(10)3/h5,7,9H,1,6H2,2-4H3/t9-/m0/s1. The predicted octanol–water partition coefficient (Wildman–Crippen LogP) is 1.85. The zero-order valence-electron chi connectivity index (χ0n) is 9.36. The number of hydrogen-bond acceptors (Lipinski definition) is 3. The Labute approximate surface area is 89.5 Å². The van der Waals surface area contributed by atoms with Gasteiger partial charge >= 0.3 is 5.97 Å². The fourth-order valence-electron chi connectivity index (χ4n) is 1.20. The summed E-state index contributed by atoms with van der Waals surface area (Å²) in [7, 11) is 1.79. The fraction of sp³-hybridized carbons (Fsp3) is 0.455. The quantitative estimate of drug-likeness (QED) is 0.560. The average Bonchev–Trinajstić information content (AvgIpc) is 2.56. The minimum Gasteiger partial charge on any atom is -0.454 e. The van der Waals surface area contributed by atoms with Gasteiger partial charge in [-0.15, -0.1) is 0 Å². The van der Waals surface area contributed by atoms with Crippen LogP contribution in [0.15, 0.2) is 18.9 Å². The van der Waals surface area contributed by atoms with E-state index in [1.165, 1.54) is 6.20 Å². The van der Waals surface area contributed by atoms with Gasteiger partial charge in [-0.2, -0.15) is 5.10 Å².